The largest absolute Gasteiger partial charge is 0.494 e. The van der Waals surface area contributed by atoms with Crippen LogP contribution in [0.5, 0.6) is 5.75 Å². The number of benzene rings is 3. The van der Waals surface area contributed by atoms with Gasteiger partial charge in [-0.2, -0.15) is 0 Å². The molecule has 1 amide bonds. The van der Waals surface area contributed by atoms with E-state index in [0.29, 0.717) is 62.2 Å². The van der Waals surface area contributed by atoms with E-state index in [4.69, 9.17) is 29.8 Å². The average Bonchev–Trinajstić information content (AvgIpc) is 3.45. The first-order valence-corrected chi connectivity index (χ1v) is 14.4. The van der Waals surface area contributed by atoms with Crippen molar-refractivity contribution in [1.29, 1.82) is 5.53 Å². The van der Waals surface area contributed by atoms with Gasteiger partial charge in [-0.15, -0.1) is 0 Å². The lowest BCUT2D eigenvalue weighted by molar-refractivity contribution is -0.143. The molecule has 1 saturated heterocycles. The van der Waals surface area contributed by atoms with Gasteiger partial charge in [-0.1, -0.05) is 42.5 Å². The number of morpholine rings is 1. The van der Waals surface area contributed by atoms with Crippen molar-refractivity contribution in [3.8, 4) is 5.75 Å². The number of ether oxygens (including phenoxy) is 3. The van der Waals surface area contributed by atoms with Crippen molar-refractivity contribution in [2.75, 3.05) is 39.5 Å². The Hall–Kier alpha value is -4.99. The Morgan fingerprint density at radius 3 is 2.55 bits per heavy atom. The summed E-state index contributed by atoms with van der Waals surface area (Å²) < 4.78 is 18.0. The second-order valence-electron chi connectivity index (χ2n) is 10.3. The fraction of sp³-hybridized carbons (Fsp3) is 0.344. The fourth-order valence-corrected chi connectivity index (χ4v) is 5.45. The summed E-state index contributed by atoms with van der Waals surface area (Å²) in [4.78, 5) is 28.7. The third-order valence-corrected chi connectivity index (χ3v) is 7.58. The van der Waals surface area contributed by atoms with Crippen LogP contribution >= 0.6 is 0 Å². The highest BCUT2D eigenvalue weighted by atomic mass is 16.5. The van der Waals surface area contributed by atoms with Crippen molar-refractivity contribution in [1.82, 2.24) is 9.81 Å². The van der Waals surface area contributed by atoms with Gasteiger partial charge in [0.2, 0.25) is 10.8 Å². The van der Waals surface area contributed by atoms with Crippen molar-refractivity contribution in [2.24, 2.45) is 15.2 Å². The van der Waals surface area contributed by atoms with Gasteiger partial charge in [0.1, 0.15) is 28.1 Å². The van der Waals surface area contributed by atoms with Gasteiger partial charge in [-0.3, -0.25) is 4.79 Å². The summed E-state index contributed by atoms with van der Waals surface area (Å²) in [6, 6.07) is 22.3. The number of carbonyl (C=O) groups excluding carboxylic acids is 1. The Morgan fingerprint density at radius 2 is 1.82 bits per heavy atom. The Labute approximate surface area is 255 Å². The van der Waals surface area contributed by atoms with E-state index in [2.05, 4.69) is 26.6 Å². The average molecular weight is 598 g/mol. The van der Waals surface area contributed by atoms with Gasteiger partial charge in [-0.05, 0) is 41.5 Å². The van der Waals surface area contributed by atoms with Crippen LogP contribution in [0.25, 0.3) is 0 Å². The zero-order valence-corrected chi connectivity index (χ0v) is 24.3. The van der Waals surface area contributed by atoms with E-state index in [0.717, 1.165) is 16.7 Å². The number of nitrogens with one attached hydrogen (secondary N) is 1. The third kappa shape index (κ3) is 6.64. The van der Waals surface area contributed by atoms with Gasteiger partial charge in [0.25, 0.3) is 12.6 Å². The standard InChI is InChI=1S/C32H35N7O5/c1-34-37-28-10-5-3-7-24(28)21-32(31(41)39-15-19-42-20-16-39)29(27-9-4-2-8-25(27)22-35-38-33)44-30(36-32)23-11-13-26(14-12-23)43-18-6-17-40/h2-5,7-14,29,33,40H,1,6,15-22H2/q+2/t29-,32-/m0/s1. The molecule has 0 aromatic heterocycles. The maximum atomic E-state index is 14.8. The van der Waals surface area contributed by atoms with Crippen LogP contribution in [-0.2, 0) is 27.2 Å². The molecule has 0 bridgehead atoms. The predicted octanol–water partition coefficient (Wildman–Crippen LogP) is 3.85. The summed E-state index contributed by atoms with van der Waals surface area (Å²) in [6.45, 7) is 5.80. The van der Waals surface area contributed by atoms with Gasteiger partial charge in [-0.25, -0.2) is 4.99 Å². The number of hydrogen-bond donors (Lipinski definition) is 2. The van der Waals surface area contributed by atoms with Gasteiger partial charge in [0.05, 0.1) is 19.8 Å². The highest BCUT2D eigenvalue weighted by molar-refractivity contribution is 6.01. The molecule has 2 N–H and O–H groups in total. The molecule has 12 nitrogen and oxygen atoms in total. The second kappa shape index (κ2) is 14.5. The van der Waals surface area contributed by atoms with E-state index in [-0.39, 0.29) is 25.5 Å². The molecule has 2 aliphatic rings. The summed E-state index contributed by atoms with van der Waals surface area (Å²) in [7, 11) is 0. The Kier molecular flexibility index (Phi) is 10.0. The van der Waals surface area contributed by atoms with E-state index in [1.807, 2.05) is 72.8 Å². The molecule has 5 rings (SSSR count). The number of nitrogens with zero attached hydrogens (tertiary/aromatic N) is 6. The minimum absolute atomic E-state index is 0.0489. The highest BCUT2D eigenvalue weighted by Gasteiger charge is 2.55. The van der Waals surface area contributed by atoms with Crippen LogP contribution in [-0.4, -0.2) is 78.4 Å². The number of amides is 1. The van der Waals surface area contributed by atoms with Crippen molar-refractivity contribution in [3.05, 3.63) is 95.1 Å². The van der Waals surface area contributed by atoms with Crippen molar-refractivity contribution in [2.45, 2.75) is 31.0 Å². The monoisotopic (exact) mass is 597 g/mol. The minimum atomic E-state index is -1.43. The molecule has 226 valence electrons. The minimum Gasteiger partial charge on any atom is -0.494 e. The Bertz CT molecular complexity index is 1590. The van der Waals surface area contributed by atoms with Crippen molar-refractivity contribution in [3.63, 3.8) is 0 Å². The summed E-state index contributed by atoms with van der Waals surface area (Å²) >= 11 is 0. The van der Waals surface area contributed by atoms with Crippen LogP contribution in [0.4, 0.5) is 5.69 Å². The van der Waals surface area contributed by atoms with E-state index >= 15 is 0 Å². The first-order chi connectivity index (χ1) is 21.6. The quantitative estimate of drug-likeness (QED) is 0.140. The first kappa shape index (κ1) is 30.5. The summed E-state index contributed by atoms with van der Waals surface area (Å²) in [5, 5.41) is 17.2. The molecule has 2 aliphatic heterocycles. The molecule has 2 atom stereocenters. The lowest BCUT2D eigenvalue weighted by Gasteiger charge is -2.37. The molecule has 1 fully saturated rings. The van der Waals surface area contributed by atoms with Crippen LogP contribution in [0.1, 0.15) is 34.8 Å². The third-order valence-electron chi connectivity index (χ3n) is 7.58. The Balaban J connectivity index is 1.66. The lowest BCUT2D eigenvalue weighted by Crippen LogP contribution is -2.54. The maximum absolute atomic E-state index is 14.8. The van der Waals surface area contributed by atoms with E-state index < -0.39 is 11.6 Å². The molecule has 3 aromatic carbocycles. The molecule has 0 unspecified atom stereocenters. The molecule has 44 heavy (non-hydrogen) atoms. The molecule has 0 saturated carbocycles. The normalized spacial score (nSPS) is 19.2. The SMILES string of the molecule is C=[N+]=Nc1ccccc1C[C@]1(C(=O)N2CCOCC2)N=C(c2ccc(OCCCO)cc2)O[C@H]1c1ccccc1CN=[N+]=N. The number of carbonyl (C=O) groups is 1. The van der Waals surface area contributed by atoms with Gasteiger partial charge in [0, 0.05) is 48.5 Å². The summed E-state index contributed by atoms with van der Waals surface area (Å²) in [5.74, 6) is 0.765. The Morgan fingerprint density at radius 1 is 1.09 bits per heavy atom. The van der Waals surface area contributed by atoms with E-state index in [1.165, 1.54) is 0 Å². The first-order valence-electron chi connectivity index (χ1n) is 14.4. The van der Waals surface area contributed by atoms with E-state index in [1.54, 1.807) is 4.90 Å². The van der Waals surface area contributed by atoms with Gasteiger partial charge >= 0.3 is 0 Å². The fourth-order valence-electron chi connectivity index (χ4n) is 5.45. The van der Waals surface area contributed by atoms with Crippen LogP contribution in [0.3, 0.4) is 0 Å². The van der Waals surface area contributed by atoms with Gasteiger partial charge < -0.3 is 24.2 Å². The molecule has 0 aliphatic carbocycles. The van der Waals surface area contributed by atoms with Gasteiger partial charge in [0.15, 0.2) is 17.3 Å². The maximum Gasteiger partial charge on any atom is 0.296 e. The van der Waals surface area contributed by atoms with Crippen molar-refractivity contribution >= 4 is 24.2 Å². The summed E-state index contributed by atoms with van der Waals surface area (Å²) in [5.41, 5.74) is 9.30. The zero-order chi connectivity index (χ0) is 30.8. The number of aliphatic imine (C=N–C) groups is 1. The molecule has 0 radical (unpaired) electrons. The van der Waals surface area contributed by atoms with E-state index in [9.17, 15) is 4.79 Å². The number of hydrogen-bond acceptors (Lipinski definition) is 9. The molecular weight excluding hydrogens is 562 g/mol. The topological polar surface area (TPSA) is 157 Å². The number of aliphatic hydroxyl groups is 1. The number of rotatable bonds is 12. The van der Waals surface area contributed by atoms with Crippen LogP contribution in [0.15, 0.2) is 88.0 Å². The molecule has 12 heteroatoms. The smallest absolute Gasteiger partial charge is 0.296 e. The molecule has 0 spiro atoms. The lowest BCUT2D eigenvalue weighted by atomic mass is 9.79. The molecule has 2 heterocycles. The summed E-state index contributed by atoms with van der Waals surface area (Å²) in [6.07, 6.45) is -0.140. The molecule has 3 aromatic rings. The highest BCUT2D eigenvalue weighted by Crippen LogP contribution is 2.45. The second-order valence-corrected chi connectivity index (χ2v) is 10.3. The number of aliphatic hydroxyl groups excluding tert-OH is 1. The zero-order valence-electron chi connectivity index (χ0n) is 24.3. The van der Waals surface area contributed by atoms with Crippen LogP contribution in [0, 0.1) is 5.53 Å². The van der Waals surface area contributed by atoms with Crippen LogP contribution in [0.2, 0.25) is 0 Å². The predicted molar refractivity (Wildman–Crippen MR) is 161 cm³/mol. The van der Waals surface area contributed by atoms with Crippen molar-refractivity contribution < 1.29 is 28.9 Å². The van der Waals surface area contributed by atoms with Crippen LogP contribution < -0.4 is 9.65 Å². The molecular formula is C32H35N7O5+2.